The Labute approximate surface area is 228 Å². The fourth-order valence-electron chi connectivity index (χ4n) is 4.29. The van der Waals surface area contributed by atoms with Crippen molar-refractivity contribution in [1.29, 1.82) is 0 Å². The number of nitrogen functional groups attached to an aromatic ring is 1. The first-order valence-corrected chi connectivity index (χ1v) is 14.0. The number of ketones is 1. The van der Waals surface area contributed by atoms with E-state index in [9.17, 15) is 18.3 Å². The predicted octanol–water partition coefficient (Wildman–Crippen LogP) is 5.33. The number of aromatic nitrogens is 2. The minimum Gasteiger partial charge on any atom is -0.438 e. The van der Waals surface area contributed by atoms with Crippen LogP contribution in [0.25, 0.3) is 11.3 Å². The Hall–Kier alpha value is -4.08. The molecule has 2 aromatic heterocycles. The van der Waals surface area contributed by atoms with Crippen molar-refractivity contribution in [2.75, 3.05) is 11.5 Å². The number of carbonyl (C=O) groups excluding carboxylic acids is 1. The highest BCUT2D eigenvalue weighted by Gasteiger charge is 2.26. The zero-order valence-electron chi connectivity index (χ0n) is 22.5. The number of aliphatic hydroxyl groups is 1. The molecule has 9 heteroatoms. The van der Waals surface area contributed by atoms with E-state index >= 15 is 0 Å². The lowest BCUT2D eigenvalue weighted by Crippen LogP contribution is -2.19. The van der Waals surface area contributed by atoms with Crippen molar-refractivity contribution in [3.63, 3.8) is 0 Å². The standard InChI is InChI=1S/C30H31N3O5S/c1-18-15-19(2)28(20(3)16-18)38-29-23(25(34)17-39(36,37)27-8-6-7-26(31)33-27)13-14-24(32-29)21-9-11-22(12-10-21)30(4,5)35/h6-16,35H,17H2,1-5H3,(H2,31,33). The molecular weight excluding hydrogens is 514 g/mol. The summed E-state index contributed by atoms with van der Waals surface area (Å²) >= 11 is 0. The Morgan fingerprint density at radius 1 is 0.949 bits per heavy atom. The molecule has 8 nitrogen and oxygen atoms in total. The summed E-state index contributed by atoms with van der Waals surface area (Å²) in [7, 11) is -4.07. The SMILES string of the molecule is Cc1cc(C)c(Oc2nc(-c3ccc(C(C)(C)O)cc3)ccc2C(=O)CS(=O)(=O)c2cccc(N)n2)c(C)c1. The number of hydrogen-bond donors (Lipinski definition) is 2. The van der Waals surface area contributed by atoms with Gasteiger partial charge in [0.15, 0.2) is 10.8 Å². The number of hydrogen-bond acceptors (Lipinski definition) is 8. The molecule has 2 heterocycles. The fraction of sp³-hybridized carbons (Fsp3) is 0.233. The summed E-state index contributed by atoms with van der Waals surface area (Å²) in [4.78, 5) is 21.9. The third kappa shape index (κ3) is 6.32. The third-order valence-electron chi connectivity index (χ3n) is 6.24. The second-order valence-electron chi connectivity index (χ2n) is 10.1. The van der Waals surface area contributed by atoms with Crippen LogP contribution in [0.3, 0.4) is 0 Å². The first-order chi connectivity index (χ1) is 18.2. The monoisotopic (exact) mass is 545 g/mol. The van der Waals surface area contributed by atoms with Crippen LogP contribution in [0.4, 0.5) is 5.82 Å². The van der Waals surface area contributed by atoms with E-state index in [-0.39, 0.29) is 22.3 Å². The number of ether oxygens (including phenoxy) is 1. The van der Waals surface area contributed by atoms with Gasteiger partial charge in [-0.25, -0.2) is 18.4 Å². The fourth-order valence-corrected chi connectivity index (χ4v) is 5.47. The number of nitrogens with two attached hydrogens (primary N) is 1. The molecule has 4 aromatic rings. The topological polar surface area (TPSA) is 132 Å². The van der Waals surface area contributed by atoms with Crippen LogP contribution in [0.1, 0.15) is 46.5 Å². The molecule has 0 saturated carbocycles. The zero-order chi connectivity index (χ0) is 28.5. The number of Topliss-reactive ketones (excluding diaryl/α,β-unsaturated/α-hetero) is 1. The number of aryl methyl sites for hydroxylation is 3. The Morgan fingerprint density at radius 2 is 1.59 bits per heavy atom. The molecule has 39 heavy (non-hydrogen) atoms. The van der Waals surface area contributed by atoms with Gasteiger partial charge in [-0.2, -0.15) is 0 Å². The van der Waals surface area contributed by atoms with E-state index in [0.717, 1.165) is 27.8 Å². The maximum atomic E-state index is 13.4. The number of pyridine rings is 2. The zero-order valence-corrected chi connectivity index (χ0v) is 23.3. The third-order valence-corrected chi connectivity index (χ3v) is 7.74. The van der Waals surface area contributed by atoms with Gasteiger partial charge in [-0.3, -0.25) is 4.79 Å². The molecule has 0 saturated heterocycles. The van der Waals surface area contributed by atoms with Crippen LogP contribution in [0, 0.1) is 20.8 Å². The van der Waals surface area contributed by atoms with Crippen molar-refractivity contribution in [3.05, 3.63) is 94.5 Å². The van der Waals surface area contributed by atoms with Crippen molar-refractivity contribution in [2.45, 2.75) is 45.2 Å². The Kier molecular flexibility index (Phi) is 7.59. The largest absolute Gasteiger partial charge is 0.438 e. The molecule has 0 aliphatic rings. The number of anilines is 1. The number of benzene rings is 2. The number of rotatable bonds is 8. The summed E-state index contributed by atoms with van der Waals surface area (Å²) in [5, 5.41) is 10.0. The van der Waals surface area contributed by atoms with E-state index in [0.29, 0.717) is 11.4 Å². The van der Waals surface area contributed by atoms with Crippen LogP contribution in [-0.2, 0) is 15.4 Å². The number of carbonyl (C=O) groups is 1. The van der Waals surface area contributed by atoms with Gasteiger partial charge in [-0.1, -0.05) is 48.0 Å². The predicted molar refractivity (Wildman–Crippen MR) is 151 cm³/mol. The average Bonchev–Trinajstić information content (AvgIpc) is 2.85. The molecule has 0 radical (unpaired) electrons. The van der Waals surface area contributed by atoms with E-state index in [1.807, 2.05) is 45.0 Å². The summed E-state index contributed by atoms with van der Waals surface area (Å²) in [5.74, 6) is -0.938. The van der Waals surface area contributed by atoms with Crippen molar-refractivity contribution >= 4 is 21.4 Å². The Morgan fingerprint density at radius 3 is 2.18 bits per heavy atom. The molecule has 0 aliphatic carbocycles. The summed E-state index contributed by atoms with van der Waals surface area (Å²) < 4.78 is 32.2. The minimum absolute atomic E-state index is 0.00477. The highest BCUT2D eigenvalue weighted by Crippen LogP contribution is 2.33. The van der Waals surface area contributed by atoms with E-state index in [2.05, 4.69) is 9.97 Å². The maximum Gasteiger partial charge on any atom is 0.230 e. The molecular formula is C30H31N3O5S. The molecule has 0 fully saturated rings. The summed E-state index contributed by atoms with van der Waals surface area (Å²) in [6.45, 7) is 9.17. The average molecular weight is 546 g/mol. The smallest absolute Gasteiger partial charge is 0.230 e. The second-order valence-corrected chi connectivity index (χ2v) is 12.0. The van der Waals surface area contributed by atoms with Gasteiger partial charge in [0.2, 0.25) is 15.7 Å². The van der Waals surface area contributed by atoms with Crippen molar-refractivity contribution < 1.29 is 23.1 Å². The van der Waals surface area contributed by atoms with Gasteiger partial charge in [0, 0.05) is 5.56 Å². The molecule has 4 rings (SSSR count). The van der Waals surface area contributed by atoms with Crippen molar-refractivity contribution in [3.8, 4) is 22.9 Å². The van der Waals surface area contributed by atoms with Crippen molar-refractivity contribution in [2.24, 2.45) is 0 Å². The number of sulfone groups is 1. The quantitative estimate of drug-likeness (QED) is 0.284. The summed E-state index contributed by atoms with van der Waals surface area (Å²) in [5.41, 5.74) is 9.43. The summed E-state index contributed by atoms with van der Waals surface area (Å²) in [6.07, 6.45) is 0. The lowest BCUT2D eigenvalue weighted by atomic mass is 9.96. The highest BCUT2D eigenvalue weighted by molar-refractivity contribution is 7.92. The van der Waals surface area contributed by atoms with Crippen LogP contribution in [-0.4, -0.2) is 35.0 Å². The van der Waals surface area contributed by atoms with Gasteiger partial charge in [0.1, 0.15) is 17.3 Å². The molecule has 0 unspecified atom stereocenters. The van der Waals surface area contributed by atoms with Crippen LogP contribution in [0.15, 0.2) is 71.8 Å². The molecule has 0 bridgehead atoms. The molecule has 0 spiro atoms. The van der Waals surface area contributed by atoms with Crippen LogP contribution in [0.2, 0.25) is 0 Å². The van der Waals surface area contributed by atoms with Gasteiger partial charge in [0.25, 0.3) is 0 Å². The highest BCUT2D eigenvalue weighted by atomic mass is 32.2. The van der Waals surface area contributed by atoms with E-state index in [1.54, 1.807) is 32.0 Å². The molecule has 0 aliphatic heterocycles. The van der Waals surface area contributed by atoms with Crippen LogP contribution >= 0.6 is 0 Å². The van der Waals surface area contributed by atoms with Gasteiger partial charge in [-0.15, -0.1) is 0 Å². The molecule has 0 atom stereocenters. The lowest BCUT2D eigenvalue weighted by Gasteiger charge is -2.18. The Balaban J connectivity index is 1.77. The van der Waals surface area contributed by atoms with Gasteiger partial charge < -0.3 is 15.6 Å². The Bertz CT molecular complexity index is 1630. The maximum absolute atomic E-state index is 13.4. The van der Waals surface area contributed by atoms with Gasteiger partial charge in [0.05, 0.1) is 16.9 Å². The number of nitrogens with zero attached hydrogens (tertiary/aromatic N) is 2. The molecule has 0 amide bonds. The van der Waals surface area contributed by atoms with Crippen LogP contribution < -0.4 is 10.5 Å². The lowest BCUT2D eigenvalue weighted by molar-refractivity contribution is 0.0786. The first kappa shape index (κ1) is 27.9. The van der Waals surface area contributed by atoms with E-state index in [1.165, 1.54) is 24.3 Å². The summed E-state index contributed by atoms with van der Waals surface area (Å²) in [6, 6.07) is 18.5. The first-order valence-electron chi connectivity index (χ1n) is 12.3. The molecule has 3 N–H and O–H groups in total. The second kappa shape index (κ2) is 10.6. The van der Waals surface area contributed by atoms with E-state index in [4.69, 9.17) is 10.5 Å². The van der Waals surface area contributed by atoms with Gasteiger partial charge in [-0.05, 0) is 75.6 Å². The molecule has 202 valence electrons. The van der Waals surface area contributed by atoms with E-state index < -0.39 is 27.0 Å². The minimum atomic E-state index is -4.07. The normalized spacial score (nSPS) is 11.8. The molecule has 2 aromatic carbocycles. The van der Waals surface area contributed by atoms with Crippen LogP contribution in [0.5, 0.6) is 11.6 Å². The van der Waals surface area contributed by atoms with Gasteiger partial charge >= 0.3 is 0 Å². The van der Waals surface area contributed by atoms with Crippen molar-refractivity contribution in [1.82, 2.24) is 9.97 Å².